The monoisotopic (exact) mass is 362 g/mol. The van der Waals surface area contributed by atoms with Crippen LogP contribution < -0.4 is 0 Å². The van der Waals surface area contributed by atoms with Gasteiger partial charge in [-0.3, -0.25) is 14.6 Å². The van der Waals surface area contributed by atoms with Crippen LogP contribution in [-0.4, -0.2) is 34.7 Å². The van der Waals surface area contributed by atoms with Gasteiger partial charge in [-0.15, -0.1) is 0 Å². The van der Waals surface area contributed by atoms with E-state index in [4.69, 9.17) is 0 Å². The molecule has 0 spiro atoms. The topological polar surface area (TPSA) is 50.3 Å². The Morgan fingerprint density at radius 3 is 2.63 bits per heavy atom. The van der Waals surface area contributed by atoms with Crippen LogP contribution >= 0.6 is 0 Å². The molecule has 1 fully saturated rings. The number of carbonyl (C=O) groups is 2. The van der Waals surface area contributed by atoms with E-state index in [1.165, 1.54) is 24.3 Å². The highest BCUT2D eigenvalue weighted by Gasteiger charge is 2.29. The van der Waals surface area contributed by atoms with Crippen molar-refractivity contribution in [2.24, 2.45) is 5.92 Å². The van der Waals surface area contributed by atoms with E-state index in [9.17, 15) is 14.0 Å². The van der Waals surface area contributed by atoms with Crippen molar-refractivity contribution in [3.05, 3.63) is 77.7 Å². The van der Waals surface area contributed by atoms with Gasteiger partial charge in [0.2, 0.25) is 0 Å². The maximum absolute atomic E-state index is 13.1. The molecular weight excluding hydrogens is 343 g/mol. The molecule has 0 bridgehead atoms. The molecule has 2 heterocycles. The second-order valence-electron chi connectivity index (χ2n) is 6.88. The normalized spacial score (nSPS) is 17.1. The summed E-state index contributed by atoms with van der Waals surface area (Å²) in [6.07, 6.45) is 3.09. The van der Waals surface area contributed by atoms with Gasteiger partial charge < -0.3 is 4.90 Å². The summed E-state index contributed by atoms with van der Waals surface area (Å²) >= 11 is 0. The van der Waals surface area contributed by atoms with Crippen LogP contribution in [-0.2, 0) is 0 Å². The fraction of sp³-hybridized carbons (Fsp3) is 0.227. The van der Waals surface area contributed by atoms with E-state index in [-0.39, 0.29) is 23.4 Å². The van der Waals surface area contributed by atoms with Gasteiger partial charge in [0, 0.05) is 36.2 Å². The van der Waals surface area contributed by atoms with Crippen molar-refractivity contribution in [3.8, 4) is 0 Å². The fourth-order valence-electron chi connectivity index (χ4n) is 3.60. The van der Waals surface area contributed by atoms with Gasteiger partial charge in [0.1, 0.15) is 5.82 Å². The van der Waals surface area contributed by atoms with Gasteiger partial charge in [0.15, 0.2) is 5.78 Å². The molecule has 0 unspecified atom stereocenters. The van der Waals surface area contributed by atoms with Crippen molar-refractivity contribution in [2.45, 2.75) is 12.8 Å². The van der Waals surface area contributed by atoms with Crippen molar-refractivity contribution in [2.75, 3.05) is 13.1 Å². The Bertz CT molecular complexity index is 1000. The summed E-state index contributed by atoms with van der Waals surface area (Å²) in [5.74, 6) is -0.772. The Hall–Kier alpha value is -3.08. The zero-order valence-electron chi connectivity index (χ0n) is 14.8. The Labute approximate surface area is 156 Å². The molecule has 1 aromatic heterocycles. The van der Waals surface area contributed by atoms with E-state index in [2.05, 4.69) is 4.98 Å². The molecule has 0 radical (unpaired) electrons. The molecule has 1 amide bonds. The number of rotatable bonds is 3. The molecule has 4 rings (SSSR count). The number of hydrogen-bond donors (Lipinski definition) is 0. The highest BCUT2D eigenvalue weighted by molar-refractivity contribution is 6.00. The quantitative estimate of drug-likeness (QED) is 0.659. The molecule has 0 aliphatic carbocycles. The minimum Gasteiger partial charge on any atom is -0.338 e. The molecule has 27 heavy (non-hydrogen) atoms. The molecule has 0 saturated carbocycles. The number of piperidine rings is 1. The number of fused-ring (bicyclic) bond motifs is 1. The standard InChI is InChI=1S/C22H19FN2O2/c23-19-9-7-15(8-10-19)21(26)17-5-3-11-25(14-17)22(27)18-12-16-4-1-2-6-20(16)24-13-18/h1-2,4,6-10,12-13,17H,3,5,11,14H2/t17-/m0/s1. The van der Waals surface area contributed by atoms with Crippen LogP contribution in [0.15, 0.2) is 60.8 Å². The molecule has 5 heteroatoms. The fourth-order valence-corrected chi connectivity index (χ4v) is 3.60. The maximum atomic E-state index is 13.1. The van der Waals surface area contributed by atoms with Crippen molar-refractivity contribution >= 4 is 22.6 Å². The number of ketones is 1. The average molecular weight is 362 g/mol. The van der Waals surface area contributed by atoms with Crippen LogP contribution in [0.1, 0.15) is 33.6 Å². The smallest absolute Gasteiger partial charge is 0.255 e. The lowest BCUT2D eigenvalue weighted by atomic mass is 9.89. The van der Waals surface area contributed by atoms with E-state index in [0.717, 1.165) is 23.7 Å². The molecule has 1 saturated heterocycles. The van der Waals surface area contributed by atoms with Gasteiger partial charge in [-0.25, -0.2) is 4.39 Å². The summed E-state index contributed by atoms with van der Waals surface area (Å²) < 4.78 is 13.1. The zero-order chi connectivity index (χ0) is 18.8. The van der Waals surface area contributed by atoms with E-state index in [0.29, 0.717) is 24.2 Å². The third kappa shape index (κ3) is 3.58. The molecule has 0 N–H and O–H groups in total. The number of carbonyl (C=O) groups excluding carboxylic acids is 2. The van der Waals surface area contributed by atoms with Crippen LogP contribution in [0.2, 0.25) is 0 Å². The van der Waals surface area contributed by atoms with Crippen LogP contribution in [0.4, 0.5) is 4.39 Å². The van der Waals surface area contributed by atoms with Crippen molar-refractivity contribution in [1.29, 1.82) is 0 Å². The summed E-state index contributed by atoms with van der Waals surface area (Å²) in [6, 6.07) is 15.1. The van der Waals surface area contributed by atoms with Crippen molar-refractivity contribution in [1.82, 2.24) is 9.88 Å². The molecule has 1 atom stereocenters. The van der Waals surface area contributed by atoms with Gasteiger partial charge in [-0.2, -0.15) is 0 Å². The molecule has 3 aromatic rings. The number of amides is 1. The molecule has 4 nitrogen and oxygen atoms in total. The number of para-hydroxylation sites is 1. The lowest BCUT2D eigenvalue weighted by molar-refractivity contribution is 0.0637. The van der Waals surface area contributed by atoms with Crippen molar-refractivity contribution < 1.29 is 14.0 Å². The highest BCUT2D eigenvalue weighted by Crippen LogP contribution is 2.23. The number of Topliss-reactive ketones (excluding diaryl/α,β-unsaturated/α-hetero) is 1. The predicted octanol–water partition coefficient (Wildman–Crippen LogP) is 4.11. The number of aromatic nitrogens is 1. The maximum Gasteiger partial charge on any atom is 0.255 e. The zero-order valence-corrected chi connectivity index (χ0v) is 14.8. The minimum absolute atomic E-state index is 0.0378. The first-order valence-electron chi connectivity index (χ1n) is 9.06. The van der Waals surface area contributed by atoms with Crippen LogP contribution in [0, 0.1) is 11.7 Å². The molecule has 1 aliphatic heterocycles. The lowest BCUT2D eigenvalue weighted by Gasteiger charge is -2.32. The van der Waals surface area contributed by atoms with E-state index < -0.39 is 0 Å². The summed E-state index contributed by atoms with van der Waals surface area (Å²) in [5, 5.41) is 0.916. The molecule has 1 aliphatic rings. The molecule has 136 valence electrons. The van der Waals surface area contributed by atoms with Gasteiger partial charge >= 0.3 is 0 Å². The first-order valence-corrected chi connectivity index (χ1v) is 9.06. The Balaban J connectivity index is 1.52. The summed E-state index contributed by atoms with van der Waals surface area (Å²) in [4.78, 5) is 31.7. The number of nitrogens with zero attached hydrogens (tertiary/aromatic N) is 2. The predicted molar refractivity (Wildman–Crippen MR) is 101 cm³/mol. The highest BCUT2D eigenvalue weighted by atomic mass is 19.1. The SMILES string of the molecule is O=C(c1ccc(F)cc1)[C@H]1CCCN(C(=O)c2cnc3ccccc3c2)C1. The van der Waals surface area contributed by atoms with Crippen LogP contribution in [0.3, 0.4) is 0 Å². The third-order valence-electron chi connectivity index (χ3n) is 5.05. The summed E-state index contributed by atoms with van der Waals surface area (Å²) in [6.45, 7) is 1.00. The number of likely N-dealkylation sites (tertiary alicyclic amines) is 1. The van der Waals surface area contributed by atoms with Gasteiger partial charge in [0.25, 0.3) is 5.91 Å². The van der Waals surface area contributed by atoms with E-state index in [1.54, 1.807) is 11.1 Å². The first-order chi connectivity index (χ1) is 13.1. The molecule has 2 aromatic carbocycles. The first kappa shape index (κ1) is 17.3. The van der Waals surface area contributed by atoms with Crippen molar-refractivity contribution in [3.63, 3.8) is 0 Å². The lowest BCUT2D eigenvalue weighted by Crippen LogP contribution is -2.42. The Kier molecular flexibility index (Phi) is 4.67. The van der Waals surface area contributed by atoms with Gasteiger partial charge in [-0.05, 0) is 49.2 Å². The Morgan fingerprint density at radius 1 is 1.04 bits per heavy atom. The number of pyridine rings is 1. The number of hydrogen-bond acceptors (Lipinski definition) is 3. The van der Waals surface area contributed by atoms with Crippen LogP contribution in [0.5, 0.6) is 0 Å². The number of halogens is 1. The largest absolute Gasteiger partial charge is 0.338 e. The molecular formula is C22H19FN2O2. The average Bonchev–Trinajstić information content (AvgIpc) is 2.73. The number of benzene rings is 2. The van der Waals surface area contributed by atoms with E-state index >= 15 is 0 Å². The third-order valence-corrected chi connectivity index (χ3v) is 5.05. The van der Waals surface area contributed by atoms with Gasteiger partial charge in [-0.1, -0.05) is 18.2 Å². The summed E-state index contributed by atoms with van der Waals surface area (Å²) in [7, 11) is 0. The van der Waals surface area contributed by atoms with Gasteiger partial charge in [0.05, 0.1) is 11.1 Å². The van der Waals surface area contributed by atoms with E-state index in [1.807, 2.05) is 30.3 Å². The second-order valence-corrected chi connectivity index (χ2v) is 6.88. The van der Waals surface area contributed by atoms with Crippen LogP contribution in [0.25, 0.3) is 10.9 Å². The minimum atomic E-state index is -0.365. The second kappa shape index (κ2) is 7.27. The summed E-state index contributed by atoms with van der Waals surface area (Å²) in [5.41, 5.74) is 1.86. The Morgan fingerprint density at radius 2 is 1.81 bits per heavy atom.